The zero-order chi connectivity index (χ0) is 15.2. The molecule has 2 aromatic carbocycles. The monoisotopic (exact) mass is 305 g/mol. The van der Waals surface area contributed by atoms with Crippen molar-refractivity contribution in [3.8, 4) is 5.75 Å². The molecule has 0 radical (unpaired) electrons. The Morgan fingerprint density at radius 2 is 1.90 bits per heavy atom. The summed E-state index contributed by atoms with van der Waals surface area (Å²) in [5, 5.41) is 10.9. The van der Waals surface area contributed by atoms with Gasteiger partial charge in [-0.3, -0.25) is 0 Å². The van der Waals surface area contributed by atoms with Gasteiger partial charge in [-0.2, -0.15) is 0 Å². The van der Waals surface area contributed by atoms with Crippen molar-refractivity contribution >= 4 is 17.3 Å². The second kappa shape index (κ2) is 7.34. The Bertz CT molecular complexity index is 571. The molecule has 112 valence electrons. The molecule has 0 fully saturated rings. The van der Waals surface area contributed by atoms with Crippen molar-refractivity contribution in [2.24, 2.45) is 0 Å². The summed E-state index contributed by atoms with van der Waals surface area (Å²) in [6.07, 6.45) is 0.132. The van der Waals surface area contributed by atoms with Crippen LogP contribution in [0.15, 0.2) is 48.5 Å². The van der Waals surface area contributed by atoms with Crippen LogP contribution < -0.4 is 9.64 Å². The molecular weight excluding hydrogens is 286 g/mol. The number of rotatable bonds is 6. The molecule has 0 aliphatic carbocycles. The number of halogens is 1. The van der Waals surface area contributed by atoms with Gasteiger partial charge in [-0.15, -0.1) is 0 Å². The Labute approximate surface area is 130 Å². The number of anilines is 1. The summed E-state index contributed by atoms with van der Waals surface area (Å²) in [7, 11) is 3.66. The molecule has 0 heterocycles. The van der Waals surface area contributed by atoms with E-state index in [2.05, 4.69) is 4.90 Å². The first-order valence-corrected chi connectivity index (χ1v) is 7.26. The molecule has 0 amide bonds. The molecule has 0 spiro atoms. The van der Waals surface area contributed by atoms with E-state index in [9.17, 15) is 5.11 Å². The Balaban J connectivity index is 1.92. The van der Waals surface area contributed by atoms with Gasteiger partial charge in [0.05, 0.1) is 13.2 Å². The SMILES string of the molecule is COc1ccc(N(C)CCC(O)c2cccc(Cl)c2)cc1. The summed E-state index contributed by atoms with van der Waals surface area (Å²) >= 11 is 5.94. The third kappa shape index (κ3) is 4.38. The average Bonchev–Trinajstić information content (AvgIpc) is 2.52. The van der Waals surface area contributed by atoms with E-state index in [1.165, 1.54) is 0 Å². The minimum Gasteiger partial charge on any atom is -0.497 e. The third-order valence-electron chi connectivity index (χ3n) is 3.48. The van der Waals surface area contributed by atoms with Gasteiger partial charge < -0.3 is 14.7 Å². The number of ether oxygens (including phenoxy) is 1. The van der Waals surface area contributed by atoms with Gasteiger partial charge in [0.15, 0.2) is 0 Å². The van der Waals surface area contributed by atoms with Crippen molar-refractivity contribution in [2.45, 2.75) is 12.5 Å². The van der Waals surface area contributed by atoms with Crippen molar-refractivity contribution in [1.82, 2.24) is 0 Å². The molecule has 0 saturated carbocycles. The predicted octanol–water partition coefficient (Wildman–Crippen LogP) is 3.91. The minimum absolute atomic E-state index is 0.510. The normalized spacial score (nSPS) is 12.0. The molecule has 1 atom stereocenters. The van der Waals surface area contributed by atoms with Crippen LogP contribution in [0.1, 0.15) is 18.1 Å². The van der Waals surface area contributed by atoms with Crippen LogP contribution in [-0.2, 0) is 0 Å². The highest BCUT2D eigenvalue weighted by atomic mass is 35.5. The van der Waals surface area contributed by atoms with E-state index in [4.69, 9.17) is 16.3 Å². The summed E-state index contributed by atoms with van der Waals surface area (Å²) < 4.78 is 5.15. The van der Waals surface area contributed by atoms with E-state index in [1.807, 2.05) is 43.4 Å². The quantitative estimate of drug-likeness (QED) is 0.878. The number of hydrogen-bond donors (Lipinski definition) is 1. The van der Waals surface area contributed by atoms with E-state index < -0.39 is 6.10 Å². The summed E-state index contributed by atoms with van der Waals surface area (Å²) in [4.78, 5) is 2.10. The predicted molar refractivity (Wildman–Crippen MR) is 87.3 cm³/mol. The topological polar surface area (TPSA) is 32.7 Å². The van der Waals surface area contributed by atoms with E-state index in [1.54, 1.807) is 19.2 Å². The van der Waals surface area contributed by atoms with Crippen LogP contribution in [0.4, 0.5) is 5.69 Å². The fraction of sp³-hybridized carbons (Fsp3) is 0.294. The molecule has 0 saturated heterocycles. The summed E-state index contributed by atoms with van der Waals surface area (Å²) in [5.74, 6) is 0.839. The highest BCUT2D eigenvalue weighted by Gasteiger charge is 2.10. The fourth-order valence-electron chi connectivity index (χ4n) is 2.16. The lowest BCUT2D eigenvalue weighted by atomic mass is 10.1. The van der Waals surface area contributed by atoms with Gasteiger partial charge in [0.25, 0.3) is 0 Å². The van der Waals surface area contributed by atoms with E-state index in [-0.39, 0.29) is 0 Å². The van der Waals surface area contributed by atoms with Gasteiger partial charge in [-0.1, -0.05) is 23.7 Å². The Hall–Kier alpha value is -1.71. The van der Waals surface area contributed by atoms with Gasteiger partial charge in [0.2, 0.25) is 0 Å². The van der Waals surface area contributed by atoms with Crippen LogP contribution in [-0.4, -0.2) is 25.8 Å². The standard InChI is InChI=1S/C17H20ClNO2/c1-19(15-6-8-16(21-2)9-7-15)11-10-17(20)13-4-3-5-14(18)12-13/h3-9,12,17,20H,10-11H2,1-2H3. The van der Waals surface area contributed by atoms with Crippen LogP contribution in [0.5, 0.6) is 5.75 Å². The molecule has 1 N–H and O–H groups in total. The van der Waals surface area contributed by atoms with Gasteiger partial charge in [0.1, 0.15) is 5.75 Å². The maximum absolute atomic E-state index is 10.2. The molecule has 3 nitrogen and oxygen atoms in total. The highest BCUT2D eigenvalue weighted by molar-refractivity contribution is 6.30. The van der Waals surface area contributed by atoms with Gasteiger partial charge in [-0.25, -0.2) is 0 Å². The fourth-order valence-corrected chi connectivity index (χ4v) is 2.36. The largest absolute Gasteiger partial charge is 0.497 e. The highest BCUT2D eigenvalue weighted by Crippen LogP contribution is 2.22. The number of aliphatic hydroxyl groups excluding tert-OH is 1. The van der Waals surface area contributed by atoms with Crippen molar-refractivity contribution in [2.75, 3.05) is 25.6 Å². The van der Waals surface area contributed by atoms with Crippen molar-refractivity contribution in [3.63, 3.8) is 0 Å². The molecule has 0 aliphatic rings. The van der Waals surface area contributed by atoms with Crippen molar-refractivity contribution in [1.29, 1.82) is 0 Å². The lowest BCUT2D eigenvalue weighted by molar-refractivity contribution is 0.170. The second-order valence-electron chi connectivity index (χ2n) is 4.98. The van der Waals surface area contributed by atoms with E-state index in [0.29, 0.717) is 11.4 Å². The van der Waals surface area contributed by atoms with Gasteiger partial charge in [0, 0.05) is 24.3 Å². The molecule has 2 rings (SSSR count). The van der Waals surface area contributed by atoms with Gasteiger partial charge >= 0.3 is 0 Å². The number of methoxy groups -OCH3 is 1. The molecule has 4 heteroatoms. The molecule has 21 heavy (non-hydrogen) atoms. The first kappa shape index (κ1) is 15.7. The smallest absolute Gasteiger partial charge is 0.119 e. The van der Waals surface area contributed by atoms with Crippen LogP contribution >= 0.6 is 11.6 Å². The zero-order valence-electron chi connectivity index (χ0n) is 12.3. The maximum Gasteiger partial charge on any atom is 0.119 e. The van der Waals surface area contributed by atoms with Crippen LogP contribution in [0.25, 0.3) is 0 Å². The molecule has 1 unspecified atom stereocenters. The van der Waals surface area contributed by atoms with Crippen LogP contribution in [0.3, 0.4) is 0 Å². The molecule has 2 aromatic rings. The third-order valence-corrected chi connectivity index (χ3v) is 3.72. The Morgan fingerprint density at radius 1 is 1.19 bits per heavy atom. The minimum atomic E-state index is -0.510. The summed E-state index contributed by atoms with van der Waals surface area (Å²) in [6.45, 7) is 0.750. The molecule has 0 bridgehead atoms. The molecule has 0 aromatic heterocycles. The van der Waals surface area contributed by atoms with Crippen LogP contribution in [0.2, 0.25) is 5.02 Å². The molecule has 0 aliphatic heterocycles. The molecular formula is C17H20ClNO2. The van der Waals surface area contributed by atoms with E-state index >= 15 is 0 Å². The number of hydrogen-bond acceptors (Lipinski definition) is 3. The van der Waals surface area contributed by atoms with E-state index in [0.717, 1.165) is 23.5 Å². The Morgan fingerprint density at radius 3 is 2.52 bits per heavy atom. The van der Waals surface area contributed by atoms with Crippen molar-refractivity contribution in [3.05, 3.63) is 59.1 Å². The number of benzene rings is 2. The number of nitrogens with zero attached hydrogens (tertiary/aromatic N) is 1. The Kier molecular flexibility index (Phi) is 5.48. The first-order chi connectivity index (χ1) is 10.1. The first-order valence-electron chi connectivity index (χ1n) is 6.89. The lowest BCUT2D eigenvalue weighted by Crippen LogP contribution is -2.20. The second-order valence-corrected chi connectivity index (χ2v) is 5.42. The summed E-state index contributed by atoms with van der Waals surface area (Å²) in [6, 6.07) is 15.2. The number of aliphatic hydroxyl groups is 1. The van der Waals surface area contributed by atoms with Gasteiger partial charge in [-0.05, 0) is 48.4 Å². The lowest BCUT2D eigenvalue weighted by Gasteiger charge is -2.21. The van der Waals surface area contributed by atoms with Crippen LogP contribution in [0, 0.1) is 0 Å². The summed E-state index contributed by atoms with van der Waals surface area (Å²) in [5.41, 5.74) is 1.94. The maximum atomic E-state index is 10.2. The van der Waals surface area contributed by atoms with Crippen molar-refractivity contribution < 1.29 is 9.84 Å². The average molecular weight is 306 g/mol. The zero-order valence-corrected chi connectivity index (χ0v) is 13.0.